The van der Waals surface area contributed by atoms with Crippen LogP contribution in [0.15, 0.2) is 77.6 Å². The number of carbonyl (C=O) groups is 2. The maximum absolute atomic E-state index is 14.1. The molecule has 1 aromatic heterocycles. The normalized spacial score (nSPS) is 17.2. The van der Waals surface area contributed by atoms with E-state index in [1.165, 1.54) is 19.1 Å². The van der Waals surface area contributed by atoms with Crippen molar-refractivity contribution in [2.24, 2.45) is 0 Å². The number of carbonyl (C=O) groups excluding carboxylic acids is 2. The lowest BCUT2D eigenvalue weighted by Crippen LogP contribution is -2.56. The van der Waals surface area contributed by atoms with Crippen molar-refractivity contribution in [1.82, 2.24) is 19.4 Å². The number of halogens is 1. The van der Waals surface area contributed by atoms with E-state index in [0.717, 1.165) is 48.3 Å². The number of piperidine rings is 1. The molecule has 3 aromatic carbocycles. The Labute approximate surface area is 238 Å². The number of aryl methyl sites for hydroxylation is 1. The molecule has 2 fully saturated rings. The molecule has 41 heavy (non-hydrogen) atoms. The highest BCUT2D eigenvalue weighted by Gasteiger charge is 2.53. The third-order valence-electron chi connectivity index (χ3n) is 8.58. The molecule has 9 heteroatoms. The van der Waals surface area contributed by atoms with Crippen LogP contribution in [-0.2, 0) is 17.9 Å². The minimum absolute atomic E-state index is 0.00838. The molecule has 0 bridgehead atoms. The van der Waals surface area contributed by atoms with Crippen molar-refractivity contribution in [3.05, 3.63) is 100 Å². The van der Waals surface area contributed by atoms with Gasteiger partial charge in [-0.05, 0) is 80.8 Å². The number of amides is 1. The Morgan fingerprint density at radius 1 is 0.951 bits per heavy atom. The summed E-state index contributed by atoms with van der Waals surface area (Å²) in [4.78, 5) is 47.7. The maximum Gasteiger partial charge on any atom is 0.326 e. The summed E-state index contributed by atoms with van der Waals surface area (Å²) in [5, 5.41) is 0. The number of aromatic amines is 1. The van der Waals surface area contributed by atoms with E-state index in [-0.39, 0.29) is 23.2 Å². The number of H-pyrrole nitrogens is 1. The SMILES string of the molecule is CC(=O)c1cccc(CN2CN(c3ccc(F)cc3)C3(CCN(CCCn4c(=O)[nH]c5ccccc54)CC3)C2=O)c1. The van der Waals surface area contributed by atoms with E-state index in [1.807, 2.05) is 47.4 Å². The van der Waals surface area contributed by atoms with E-state index in [1.54, 1.807) is 22.8 Å². The second kappa shape index (κ2) is 11.0. The van der Waals surface area contributed by atoms with Gasteiger partial charge in [0.15, 0.2) is 5.78 Å². The van der Waals surface area contributed by atoms with Crippen LogP contribution >= 0.6 is 0 Å². The molecule has 8 nitrogen and oxygen atoms in total. The topological polar surface area (TPSA) is 81.7 Å². The molecule has 0 aliphatic carbocycles. The van der Waals surface area contributed by atoms with Crippen molar-refractivity contribution in [2.45, 2.75) is 44.8 Å². The van der Waals surface area contributed by atoms with Crippen LogP contribution in [0.5, 0.6) is 0 Å². The molecule has 1 N–H and O–H groups in total. The first-order valence-corrected chi connectivity index (χ1v) is 14.2. The first-order valence-electron chi connectivity index (χ1n) is 14.2. The maximum atomic E-state index is 14.1. The predicted octanol–water partition coefficient (Wildman–Crippen LogP) is 4.40. The highest BCUT2D eigenvalue weighted by atomic mass is 19.1. The number of likely N-dealkylation sites (tertiary alicyclic amines) is 1. The standard InChI is InChI=1S/C32H34FN5O3/c1-23(39)25-7-4-6-24(20-25)21-36-22-38(27-12-10-26(33)11-13-27)32(30(36)40)14-18-35(19-15-32)16-5-17-37-29-9-3-2-8-28(29)34-31(37)41/h2-4,6-13,20H,5,14-19,21-22H2,1H3,(H,34,41). The van der Waals surface area contributed by atoms with E-state index in [0.29, 0.717) is 38.2 Å². The molecule has 212 valence electrons. The second-order valence-corrected chi connectivity index (χ2v) is 11.1. The fraction of sp³-hybridized carbons (Fsp3) is 0.344. The van der Waals surface area contributed by atoms with E-state index in [2.05, 4.69) is 14.8 Å². The lowest BCUT2D eigenvalue weighted by Gasteiger charge is -2.43. The molecular formula is C32H34FN5O3. The third-order valence-corrected chi connectivity index (χ3v) is 8.58. The number of Topliss-reactive ketones (excluding diaryl/α,β-unsaturated/α-hetero) is 1. The van der Waals surface area contributed by atoms with Crippen LogP contribution in [0.1, 0.15) is 42.1 Å². The van der Waals surface area contributed by atoms with Crippen LogP contribution < -0.4 is 10.6 Å². The Morgan fingerprint density at radius 2 is 1.71 bits per heavy atom. The highest BCUT2D eigenvalue weighted by molar-refractivity contribution is 5.95. The number of hydrogen-bond acceptors (Lipinski definition) is 5. The minimum atomic E-state index is -0.708. The van der Waals surface area contributed by atoms with Crippen molar-refractivity contribution < 1.29 is 14.0 Å². The number of imidazole rings is 1. The molecular weight excluding hydrogens is 521 g/mol. The zero-order chi connectivity index (χ0) is 28.6. The Kier molecular flexibility index (Phi) is 7.21. The summed E-state index contributed by atoms with van der Waals surface area (Å²) < 4.78 is 15.6. The molecule has 0 radical (unpaired) electrons. The van der Waals surface area contributed by atoms with E-state index >= 15 is 0 Å². The molecule has 2 saturated heterocycles. The molecule has 2 aliphatic heterocycles. The molecule has 3 heterocycles. The van der Waals surface area contributed by atoms with Crippen molar-refractivity contribution in [3.63, 3.8) is 0 Å². The van der Waals surface area contributed by atoms with Gasteiger partial charge in [-0.25, -0.2) is 9.18 Å². The Morgan fingerprint density at radius 3 is 2.46 bits per heavy atom. The van der Waals surface area contributed by atoms with Gasteiger partial charge in [0.05, 0.1) is 17.7 Å². The Bertz CT molecular complexity index is 1640. The van der Waals surface area contributed by atoms with E-state index < -0.39 is 5.54 Å². The van der Waals surface area contributed by atoms with Crippen LogP contribution in [0, 0.1) is 5.82 Å². The van der Waals surface area contributed by atoms with Gasteiger partial charge in [-0.15, -0.1) is 0 Å². The molecule has 0 atom stereocenters. The summed E-state index contributed by atoms with van der Waals surface area (Å²) in [6, 6.07) is 21.5. The number of ketones is 1. The second-order valence-electron chi connectivity index (χ2n) is 11.1. The van der Waals surface area contributed by atoms with Crippen LogP contribution in [0.3, 0.4) is 0 Å². The number of hydrogen-bond donors (Lipinski definition) is 1. The first kappa shape index (κ1) is 27.0. The zero-order valence-corrected chi connectivity index (χ0v) is 23.2. The highest BCUT2D eigenvalue weighted by Crippen LogP contribution is 2.40. The van der Waals surface area contributed by atoms with Gasteiger partial charge in [-0.2, -0.15) is 0 Å². The lowest BCUT2D eigenvalue weighted by atomic mass is 9.85. The van der Waals surface area contributed by atoms with Gasteiger partial charge in [-0.3, -0.25) is 14.2 Å². The van der Waals surface area contributed by atoms with Gasteiger partial charge < -0.3 is 19.7 Å². The Hall–Kier alpha value is -4.24. The number of nitrogens with zero attached hydrogens (tertiary/aromatic N) is 4. The average Bonchev–Trinajstić information content (AvgIpc) is 3.43. The van der Waals surface area contributed by atoms with Crippen LogP contribution in [-0.4, -0.2) is 62.9 Å². The minimum Gasteiger partial charge on any atom is -0.339 e. The molecule has 2 aliphatic rings. The molecule has 4 aromatic rings. The molecule has 6 rings (SSSR count). The van der Waals surface area contributed by atoms with Crippen LogP contribution in [0.2, 0.25) is 0 Å². The fourth-order valence-electron chi connectivity index (χ4n) is 6.37. The number of nitrogens with one attached hydrogen (secondary N) is 1. The molecule has 1 spiro atoms. The van der Waals surface area contributed by atoms with E-state index in [9.17, 15) is 18.8 Å². The van der Waals surface area contributed by atoms with Crippen LogP contribution in [0.25, 0.3) is 11.0 Å². The molecule has 1 amide bonds. The van der Waals surface area contributed by atoms with Gasteiger partial charge in [0.2, 0.25) is 5.91 Å². The summed E-state index contributed by atoms with van der Waals surface area (Å²) >= 11 is 0. The smallest absolute Gasteiger partial charge is 0.326 e. The quantitative estimate of drug-likeness (QED) is 0.326. The average molecular weight is 556 g/mol. The van der Waals surface area contributed by atoms with Gasteiger partial charge in [0.25, 0.3) is 0 Å². The third kappa shape index (κ3) is 5.17. The van der Waals surface area contributed by atoms with Gasteiger partial charge >= 0.3 is 5.69 Å². The monoisotopic (exact) mass is 555 g/mol. The summed E-state index contributed by atoms with van der Waals surface area (Å²) in [5.74, 6) is -0.249. The fourth-order valence-corrected chi connectivity index (χ4v) is 6.37. The lowest BCUT2D eigenvalue weighted by molar-refractivity contribution is -0.134. The molecule has 0 unspecified atom stereocenters. The Balaban J connectivity index is 1.16. The molecule has 0 saturated carbocycles. The summed E-state index contributed by atoms with van der Waals surface area (Å²) in [7, 11) is 0. The van der Waals surface area contributed by atoms with Crippen molar-refractivity contribution in [3.8, 4) is 0 Å². The van der Waals surface area contributed by atoms with Gasteiger partial charge in [0, 0.05) is 37.4 Å². The summed E-state index contributed by atoms with van der Waals surface area (Å²) in [5.41, 5.74) is 3.32. The summed E-state index contributed by atoms with van der Waals surface area (Å²) in [6.45, 7) is 5.30. The van der Waals surface area contributed by atoms with Crippen molar-refractivity contribution in [1.29, 1.82) is 0 Å². The van der Waals surface area contributed by atoms with Crippen molar-refractivity contribution >= 4 is 28.4 Å². The number of fused-ring (bicyclic) bond motifs is 1. The first-order chi connectivity index (χ1) is 19.8. The zero-order valence-electron chi connectivity index (χ0n) is 23.2. The summed E-state index contributed by atoms with van der Waals surface area (Å²) in [6.07, 6.45) is 2.13. The van der Waals surface area contributed by atoms with Crippen LogP contribution in [0.4, 0.5) is 10.1 Å². The van der Waals surface area contributed by atoms with Crippen molar-refractivity contribution in [2.75, 3.05) is 31.2 Å². The number of aromatic nitrogens is 2. The number of rotatable bonds is 8. The van der Waals surface area contributed by atoms with E-state index in [4.69, 9.17) is 0 Å². The van der Waals surface area contributed by atoms with Gasteiger partial charge in [0.1, 0.15) is 11.4 Å². The number of benzene rings is 3. The predicted molar refractivity (Wildman–Crippen MR) is 156 cm³/mol. The largest absolute Gasteiger partial charge is 0.339 e. The van der Waals surface area contributed by atoms with Gasteiger partial charge in [-0.1, -0.05) is 30.3 Å². The number of para-hydroxylation sites is 2. The number of anilines is 1.